The maximum absolute atomic E-state index is 11.6. The summed E-state index contributed by atoms with van der Waals surface area (Å²) in [4.78, 5) is 15.9. The van der Waals surface area contributed by atoms with Crippen molar-refractivity contribution >= 4 is 27.8 Å². The van der Waals surface area contributed by atoms with Crippen LogP contribution in [0.3, 0.4) is 0 Å². The molecule has 0 amide bonds. The van der Waals surface area contributed by atoms with Crippen molar-refractivity contribution in [1.82, 2.24) is 0 Å². The number of hydrogen-bond donors (Lipinski definition) is 0. The van der Waals surface area contributed by atoms with Crippen molar-refractivity contribution in [2.45, 2.75) is 27.7 Å². The van der Waals surface area contributed by atoms with Crippen molar-refractivity contribution < 1.29 is 29.0 Å². The van der Waals surface area contributed by atoms with Crippen LogP contribution in [0.1, 0.15) is 43.6 Å². The number of hydrogen-bond acceptors (Lipinski definition) is 3. The first-order valence-electron chi connectivity index (χ1n) is 8.48. The van der Waals surface area contributed by atoms with Crippen LogP contribution in [0.5, 0.6) is 0 Å². The molecule has 1 heterocycles. The number of fused-ring (bicyclic) bond motifs is 1. The lowest BCUT2D eigenvalue weighted by atomic mass is 10.1. The van der Waals surface area contributed by atoms with Crippen molar-refractivity contribution in [1.29, 1.82) is 0 Å². The minimum atomic E-state index is -8.97. The first-order chi connectivity index (χ1) is 12.8. The summed E-state index contributed by atoms with van der Waals surface area (Å²) in [6.45, 7) is 8.00. The molecule has 0 saturated carbocycles. The Morgan fingerprint density at radius 2 is 1.14 bits per heavy atom. The van der Waals surface area contributed by atoms with E-state index in [1.54, 1.807) is 6.07 Å². The van der Waals surface area contributed by atoms with Gasteiger partial charge < -0.3 is 4.74 Å². The number of carbonyl (C=O) groups is 1. The first-order valence-corrected chi connectivity index (χ1v) is 10.8. The Morgan fingerprint density at radius 1 is 0.750 bits per heavy atom. The van der Waals surface area contributed by atoms with Crippen LogP contribution in [0.25, 0.3) is 0 Å². The van der Waals surface area contributed by atoms with Crippen molar-refractivity contribution in [3.63, 3.8) is 0 Å². The molecule has 158 valence electrons. The van der Waals surface area contributed by atoms with Gasteiger partial charge in [0.05, 0.1) is 23.1 Å². The minimum Gasteiger partial charge on any atom is -0.403 e. The van der Waals surface area contributed by atoms with Crippen LogP contribution in [0, 0.1) is 0 Å². The van der Waals surface area contributed by atoms with E-state index >= 15 is 0 Å². The monoisotopic (exact) mass is 425 g/mol. The lowest BCUT2D eigenvalue weighted by Gasteiger charge is -2.35. The quantitative estimate of drug-likeness (QED) is 0.344. The molecule has 1 aliphatic heterocycles. The summed E-state index contributed by atoms with van der Waals surface area (Å²) in [6, 6.07) is 16.7. The molecule has 0 aromatic heterocycles. The maximum Gasteiger partial charge on any atom is 0.345 e. The molecule has 0 aliphatic carbocycles. The highest BCUT2D eigenvalue weighted by atomic mass is 32.5. The van der Waals surface area contributed by atoms with Crippen molar-refractivity contribution in [2.75, 3.05) is 6.26 Å². The van der Waals surface area contributed by atoms with E-state index in [1.807, 2.05) is 76.2 Å². The summed E-state index contributed by atoms with van der Waals surface area (Å²) in [5.74, 6) is 0.0343. The molecule has 2 aromatic rings. The summed E-state index contributed by atoms with van der Waals surface area (Å²) in [6.07, 6.45) is -0.986. The molecular formula is C19H24F5NO2S. The standard InChI is InChI=1S/C14H9NO2.2C2H6.CH3F5S/c16-14-12-9-5-4-8-11(12)13(17-14)15-10-6-2-1-3-7-10;2*1-2;1-7(2,3,4,5)6/h1-9H;2*1-2H3;1H3. The Balaban J connectivity index is 0.000000564. The molecule has 0 atom stereocenters. The normalized spacial score (nSPS) is 15.8. The number of benzene rings is 2. The molecule has 0 radical (unpaired) electrons. The molecule has 28 heavy (non-hydrogen) atoms. The minimum absolute atomic E-state index is 0.338. The molecular weight excluding hydrogens is 401 g/mol. The molecule has 2 aromatic carbocycles. The fourth-order valence-corrected chi connectivity index (χ4v) is 1.75. The number of halogens is 5. The molecule has 3 nitrogen and oxygen atoms in total. The summed E-state index contributed by atoms with van der Waals surface area (Å²) in [5, 5.41) is 0. The van der Waals surface area contributed by atoms with E-state index in [2.05, 4.69) is 4.99 Å². The Hall–Kier alpha value is -2.42. The Kier molecular flexibility index (Phi) is 8.39. The number of cyclic esters (lactones) is 1. The molecule has 3 rings (SSSR count). The van der Waals surface area contributed by atoms with E-state index in [-0.39, 0.29) is 5.97 Å². The SMILES string of the molecule is CC.CC.CS(F)(F)(F)(F)F.O=C1OC(=Nc2ccccc2)c2ccccc21. The lowest BCUT2D eigenvalue weighted by molar-refractivity contribution is 0.0737. The van der Waals surface area contributed by atoms with Gasteiger partial charge in [0.1, 0.15) is 0 Å². The van der Waals surface area contributed by atoms with Gasteiger partial charge in [0.2, 0.25) is 5.90 Å². The molecule has 9 heteroatoms. The van der Waals surface area contributed by atoms with Crippen LogP contribution >= 0.6 is 10.2 Å². The molecule has 0 bridgehead atoms. The van der Waals surface area contributed by atoms with Gasteiger partial charge in [-0.05, 0) is 24.3 Å². The second-order valence-electron chi connectivity index (χ2n) is 5.04. The Bertz CT molecular complexity index is 793. The number of aliphatic imine (C=N–C) groups is 1. The number of para-hydroxylation sites is 1. The van der Waals surface area contributed by atoms with Crippen LogP contribution in [-0.4, -0.2) is 18.1 Å². The van der Waals surface area contributed by atoms with E-state index < -0.39 is 16.5 Å². The average molecular weight is 425 g/mol. The molecule has 0 fully saturated rings. The lowest BCUT2D eigenvalue weighted by Crippen LogP contribution is -1.99. The fourth-order valence-electron chi connectivity index (χ4n) is 1.75. The largest absolute Gasteiger partial charge is 0.403 e. The Labute approximate surface area is 162 Å². The van der Waals surface area contributed by atoms with Gasteiger partial charge in [0.15, 0.2) is 0 Å². The highest BCUT2D eigenvalue weighted by Crippen LogP contribution is 2.95. The van der Waals surface area contributed by atoms with E-state index in [9.17, 15) is 24.2 Å². The van der Waals surface area contributed by atoms with E-state index in [0.29, 0.717) is 11.5 Å². The number of esters is 1. The maximum atomic E-state index is 11.6. The smallest absolute Gasteiger partial charge is 0.345 e. The second kappa shape index (κ2) is 9.18. The number of rotatable bonds is 1. The van der Waals surface area contributed by atoms with E-state index in [0.717, 1.165) is 11.3 Å². The first kappa shape index (κ1) is 25.6. The summed E-state index contributed by atoms with van der Waals surface area (Å²) >= 11 is 0. The summed E-state index contributed by atoms with van der Waals surface area (Å²) in [5.41, 5.74) is 2.09. The molecule has 0 saturated heterocycles. The van der Waals surface area contributed by atoms with Gasteiger partial charge in [-0.15, -0.1) is 0 Å². The third-order valence-electron chi connectivity index (χ3n) is 2.55. The second-order valence-corrected chi connectivity index (χ2v) is 7.75. The predicted octanol–water partition coefficient (Wildman–Crippen LogP) is 7.90. The van der Waals surface area contributed by atoms with Crippen LogP contribution in [-0.2, 0) is 4.74 Å². The number of ether oxygens (including phenoxy) is 1. The average Bonchev–Trinajstić information content (AvgIpc) is 2.93. The Morgan fingerprint density at radius 3 is 1.61 bits per heavy atom. The van der Waals surface area contributed by atoms with Gasteiger partial charge in [-0.1, -0.05) is 77.5 Å². The van der Waals surface area contributed by atoms with Crippen molar-refractivity contribution in [3.05, 3.63) is 65.7 Å². The van der Waals surface area contributed by atoms with Crippen LogP contribution < -0.4 is 0 Å². The highest BCUT2D eigenvalue weighted by Gasteiger charge is 2.57. The van der Waals surface area contributed by atoms with Crippen LogP contribution in [0.2, 0.25) is 0 Å². The third kappa shape index (κ3) is 11.3. The fraction of sp³-hybridized carbons (Fsp3) is 0.263. The van der Waals surface area contributed by atoms with Crippen LogP contribution in [0.4, 0.5) is 25.1 Å². The molecule has 0 unspecified atom stereocenters. The molecule has 1 aliphatic rings. The van der Waals surface area contributed by atoms with E-state index in [4.69, 9.17) is 4.74 Å². The summed E-state index contributed by atoms with van der Waals surface area (Å²) in [7, 11) is -8.97. The van der Waals surface area contributed by atoms with Gasteiger partial charge in [-0.2, -0.15) is 0 Å². The van der Waals surface area contributed by atoms with Gasteiger partial charge >= 0.3 is 5.97 Å². The predicted molar refractivity (Wildman–Crippen MR) is 106 cm³/mol. The van der Waals surface area contributed by atoms with E-state index in [1.165, 1.54) is 0 Å². The zero-order valence-electron chi connectivity index (χ0n) is 16.3. The summed E-state index contributed by atoms with van der Waals surface area (Å²) < 4.78 is 57.7. The van der Waals surface area contributed by atoms with Gasteiger partial charge in [-0.25, -0.2) is 9.79 Å². The van der Waals surface area contributed by atoms with Crippen LogP contribution in [0.15, 0.2) is 59.6 Å². The zero-order valence-corrected chi connectivity index (χ0v) is 17.1. The van der Waals surface area contributed by atoms with Crippen molar-refractivity contribution in [2.24, 2.45) is 4.99 Å². The number of nitrogens with zero attached hydrogens (tertiary/aromatic N) is 1. The highest BCUT2D eigenvalue weighted by molar-refractivity contribution is 8.45. The van der Waals surface area contributed by atoms with Gasteiger partial charge in [0, 0.05) is 0 Å². The third-order valence-corrected chi connectivity index (χ3v) is 2.55. The van der Waals surface area contributed by atoms with Gasteiger partial charge in [0.25, 0.3) is 10.2 Å². The zero-order chi connectivity index (χ0) is 22.1. The van der Waals surface area contributed by atoms with Crippen molar-refractivity contribution in [3.8, 4) is 0 Å². The molecule has 0 N–H and O–H groups in total. The number of carbonyl (C=O) groups excluding carboxylic acids is 1. The molecule has 0 spiro atoms. The van der Waals surface area contributed by atoms with Gasteiger partial charge in [-0.3, -0.25) is 0 Å². The topological polar surface area (TPSA) is 38.7 Å².